The second-order valence-corrected chi connectivity index (χ2v) is 2.97. The third kappa shape index (κ3) is 1.90. The van der Waals surface area contributed by atoms with Crippen molar-refractivity contribution < 1.29 is 0 Å². The van der Waals surface area contributed by atoms with Gasteiger partial charge < -0.3 is 10.7 Å². The molecule has 0 atom stereocenters. The molecule has 1 fully saturated rings. The molecule has 0 amide bonds. The Labute approximate surface area is 66.3 Å². The molecule has 0 aliphatic carbocycles. The van der Waals surface area contributed by atoms with E-state index < -0.39 is 0 Å². The summed E-state index contributed by atoms with van der Waals surface area (Å²) in [6, 6.07) is 0. The summed E-state index contributed by atoms with van der Waals surface area (Å²) in [7, 11) is 0. The molecule has 1 saturated heterocycles. The molecule has 0 aromatic carbocycles. The third-order valence-electron chi connectivity index (χ3n) is 1.85. The molecule has 1 aliphatic heterocycles. The zero-order chi connectivity index (χ0) is 7.40. The molecule has 58 valence electrons. The molecule has 1 aliphatic rings. The highest BCUT2D eigenvalue weighted by Crippen LogP contribution is 2.11. The number of hydrogen-bond acceptors (Lipinski definition) is 3. The molecule has 1 heterocycles. The van der Waals surface area contributed by atoms with Crippen molar-refractivity contribution in [3.8, 4) is 0 Å². The number of nitrogens with two attached hydrogens (primary N) is 1. The summed E-state index contributed by atoms with van der Waals surface area (Å²) >= 11 is 5.01. The molecule has 0 unspecified atom stereocenters. The van der Waals surface area contributed by atoms with Crippen LogP contribution >= 0.6 is 12.2 Å². The van der Waals surface area contributed by atoms with Crippen LogP contribution in [0.3, 0.4) is 0 Å². The number of nitrogens with one attached hydrogen (secondary N) is 2. The summed E-state index contributed by atoms with van der Waals surface area (Å²) in [6.45, 7) is 2.12. The molecule has 4 N–H and O–H groups in total. The van der Waals surface area contributed by atoms with Crippen molar-refractivity contribution >= 4 is 17.2 Å². The Morgan fingerprint density at radius 3 is 2.60 bits per heavy atom. The van der Waals surface area contributed by atoms with Crippen LogP contribution in [0.1, 0.15) is 12.8 Å². The summed E-state index contributed by atoms with van der Waals surface area (Å²) in [4.78, 5) is 0.807. The Bertz CT molecular complexity index is 120. The Morgan fingerprint density at radius 1 is 1.50 bits per heavy atom. The fourth-order valence-corrected chi connectivity index (χ4v) is 1.44. The molecule has 0 radical (unpaired) electrons. The molecule has 0 aromatic heterocycles. The highest BCUT2D eigenvalue weighted by molar-refractivity contribution is 7.80. The SMILES string of the molecule is NNC(=S)C1CCNCC1. The minimum Gasteiger partial charge on any atom is -0.318 e. The zero-order valence-corrected chi connectivity index (χ0v) is 6.71. The second-order valence-electron chi connectivity index (χ2n) is 2.53. The molecule has 0 bridgehead atoms. The first-order valence-electron chi connectivity index (χ1n) is 3.56. The Hall–Kier alpha value is -0.190. The molecular formula is C6H13N3S. The van der Waals surface area contributed by atoms with Crippen LogP contribution in [0.15, 0.2) is 0 Å². The normalized spacial score (nSPS) is 20.5. The Balaban J connectivity index is 2.31. The van der Waals surface area contributed by atoms with Gasteiger partial charge in [-0.25, -0.2) is 0 Å². The maximum absolute atomic E-state index is 5.19. The van der Waals surface area contributed by atoms with E-state index in [2.05, 4.69) is 10.7 Å². The molecule has 3 nitrogen and oxygen atoms in total. The van der Waals surface area contributed by atoms with Crippen molar-refractivity contribution in [3.05, 3.63) is 0 Å². The lowest BCUT2D eigenvalue weighted by Crippen LogP contribution is -2.39. The molecule has 1 rings (SSSR count). The van der Waals surface area contributed by atoms with Gasteiger partial charge in [0.25, 0.3) is 0 Å². The standard InChI is InChI=1S/C6H13N3S/c7-9-6(10)5-1-3-8-4-2-5/h5,8H,1-4,7H2,(H,9,10). The quantitative estimate of drug-likeness (QED) is 0.281. The van der Waals surface area contributed by atoms with Crippen LogP contribution in [0.2, 0.25) is 0 Å². The molecule has 0 saturated carbocycles. The van der Waals surface area contributed by atoms with Crippen molar-refractivity contribution in [1.82, 2.24) is 10.7 Å². The van der Waals surface area contributed by atoms with Crippen molar-refractivity contribution in [3.63, 3.8) is 0 Å². The summed E-state index contributed by atoms with van der Waals surface area (Å²) in [5.74, 6) is 5.69. The molecule has 0 aromatic rings. The van der Waals surface area contributed by atoms with E-state index >= 15 is 0 Å². The summed E-state index contributed by atoms with van der Waals surface area (Å²) in [5.41, 5.74) is 2.54. The molecule has 0 spiro atoms. The van der Waals surface area contributed by atoms with Gasteiger partial charge in [0, 0.05) is 5.92 Å². The average Bonchev–Trinajstić information content (AvgIpc) is 2.05. The fraction of sp³-hybridized carbons (Fsp3) is 0.833. The Morgan fingerprint density at radius 2 is 2.10 bits per heavy atom. The van der Waals surface area contributed by atoms with Gasteiger partial charge in [-0.2, -0.15) is 0 Å². The average molecular weight is 159 g/mol. The number of hydrazine groups is 1. The predicted octanol–water partition coefficient (Wildman–Crippen LogP) is -0.223. The first-order chi connectivity index (χ1) is 4.84. The van der Waals surface area contributed by atoms with Crippen molar-refractivity contribution in [2.75, 3.05) is 13.1 Å². The number of hydrogen-bond donors (Lipinski definition) is 3. The van der Waals surface area contributed by atoms with Gasteiger partial charge in [0.2, 0.25) is 0 Å². The van der Waals surface area contributed by atoms with Gasteiger partial charge in [0.1, 0.15) is 0 Å². The minimum absolute atomic E-state index is 0.501. The lowest BCUT2D eigenvalue weighted by Gasteiger charge is -2.22. The van der Waals surface area contributed by atoms with Crippen LogP contribution < -0.4 is 16.6 Å². The van der Waals surface area contributed by atoms with Gasteiger partial charge in [-0.05, 0) is 25.9 Å². The van der Waals surface area contributed by atoms with E-state index in [1.54, 1.807) is 0 Å². The van der Waals surface area contributed by atoms with E-state index in [4.69, 9.17) is 18.1 Å². The van der Waals surface area contributed by atoms with Crippen molar-refractivity contribution in [1.29, 1.82) is 0 Å². The zero-order valence-electron chi connectivity index (χ0n) is 5.89. The van der Waals surface area contributed by atoms with Crippen LogP contribution in [-0.4, -0.2) is 18.1 Å². The lowest BCUT2D eigenvalue weighted by molar-refractivity contribution is 0.453. The maximum atomic E-state index is 5.19. The molecular weight excluding hydrogens is 146 g/mol. The van der Waals surface area contributed by atoms with Crippen LogP contribution in [0, 0.1) is 5.92 Å². The molecule has 10 heavy (non-hydrogen) atoms. The van der Waals surface area contributed by atoms with Gasteiger partial charge in [-0.3, -0.25) is 5.84 Å². The third-order valence-corrected chi connectivity index (χ3v) is 2.30. The monoisotopic (exact) mass is 159 g/mol. The highest BCUT2D eigenvalue weighted by atomic mass is 32.1. The van der Waals surface area contributed by atoms with E-state index in [9.17, 15) is 0 Å². The van der Waals surface area contributed by atoms with E-state index in [0.29, 0.717) is 5.92 Å². The first kappa shape index (κ1) is 7.91. The van der Waals surface area contributed by atoms with Gasteiger partial charge in [-0.1, -0.05) is 12.2 Å². The van der Waals surface area contributed by atoms with Crippen LogP contribution in [0.4, 0.5) is 0 Å². The predicted molar refractivity (Wildman–Crippen MR) is 45.5 cm³/mol. The van der Waals surface area contributed by atoms with E-state index in [1.165, 1.54) is 0 Å². The van der Waals surface area contributed by atoms with Gasteiger partial charge in [0.05, 0.1) is 4.99 Å². The van der Waals surface area contributed by atoms with Crippen LogP contribution in [-0.2, 0) is 0 Å². The smallest absolute Gasteiger partial charge is 0.0925 e. The van der Waals surface area contributed by atoms with Gasteiger partial charge >= 0.3 is 0 Å². The minimum atomic E-state index is 0.501. The van der Waals surface area contributed by atoms with Gasteiger partial charge in [0.15, 0.2) is 0 Å². The second kappa shape index (κ2) is 3.85. The lowest BCUT2D eigenvalue weighted by atomic mass is 9.98. The fourth-order valence-electron chi connectivity index (χ4n) is 1.20. The number of thiocarbonyl (C=S) groups is 1. The summed E-state index contributed by atoms with van der Waals surface area (Å²) < 4.78 is 0. The number of piperidine rings is 1. The first-order valence-corrected chi connectivity index (χ1v) is 3.96. The van der Waals surface area contributed by atoms with Gasteiger partial charge in [-0.15, -0.1) is 0 Å². The van der Waals surface area contributed by atoms with E-state index in [-0.39, 0.29) is 0 Å². The Kier molecular flexibility index (Phi) is 3.05. The van der Waals surface area contributed by atoms with Crippen molar-refractivity contribution in [2.24, 2.45) is 11.8 Å². The molecule has 4 heteroatoms. The van der Waals surface area contributed by atoms with E-state index in [1.807, 2.05) is 0 Å². The van der Waals surface area contributed by atoms with Crippen LogP contribution in [0.5, 0.6) is 0 Å². The summed E-state index contributed by atoms with van der Waals surface area (Å²) in [6.07, 6.45) is 2.23. The maximum Gasteiger partial charge on any atom is 0.0925 e. The highest BCUT2D eigenvalue weighted by Gasteiger charge is 2.15. The number of rotatable bonds is 1. The van der Waals surface area contributed by atoms with Crippen LogP contribution in [0.25, 0.3) is 0 Å². The summed E-state index contributed by atoms with van der Waals surface area (Å²) in [5, 5.41) is 3.27. The van der Waals surface area contributed by atoms with Crippen molar-refractivity contribution in [2.45, 2.75) is 12.8 Å². The van der Waals surface area contributed by atoms with E-state index in [0.717, 1.165) is 30.9 Å². The largest absolute Gasteiger partial charge is 0.318 e. The topological polar surface area (TPSA) is 50.1 Å².